The van der Waals surface area contributed by atoms with E-state index in [1.54, 1.807) is 18.2 Å². The maximum atomic E-state index is 15.1. The number of halogens is 2. The fourth-order valence-electron chi connectivity index (χ4n) is 4.08. The molecular weight excluding hydrogens is 461 g/mol. The van der Waals surface area contributed by atoms with Gasteiger partial charge < -0.3 is 0 Å². The zero-order valence-corrected chi connectivity index (χ0v) is 21.7. The van der Waals surface area contributed by atoms with E-state index in [1.807, 2.05) is 18.2 Å². The second-order valence-corrected chi connectivity index (χ2v) is 21.1. The summed E-state index contributed by atoms with van der Waals surface area (Å²) in [6, 6.07) is 19.4. The van der Waals surface area contributed by atoms with Crippen LogP contribution in [0.5, 0.6) is 0 Å². The monoisotopic (exact) mass is 491 g/mol. The van der Waals surface area contributed by atoms with Gasteiger partial charge in [0.25, 0.3) is 0 Å². The number of rotatable bonds is 3. The van der Waals surface area contributed by atoms with Crippen molar-refractivity contribution in [2.75, 3.05) is 0 Å². The molecule has 4 aromatic rings. The van der Waals surface area contributed by atoms with Crippen molar-refractivity contribution in [3.8, 4) is 22.4 Å². The van der Waals surface area contributed by atoms with Crippen LogP contribution in [0.15, 0.2) is 66.9 Å². The Balaban J connectivity index is 1.88. The number of hydrogen-bond acceptors (Lipinski definition) is 1. The van der Waals surface area contributed by atoms with Gasteiger partial charge in [-0.05, 0) is 0 Å². The van der Waals surface area contributed by atoms with Gasteiger partial charge in [0.05, 0.1) is 0 Å². The van der Waals surface area contributed by atoms with Crippen molar-refractivity contribution in [2.45, 2.75) is 43.5 Å². The van der Waals surface area contributed by atoms with Gasteiger partial charge in [-0.3, -0.25) is 0 Å². The average molecular weight is 490 g/mol. The van der Waals surface area contributed by atoms with Gasteiger partial charge in [-0.15, -0.1) is 0 Å². The van der Waals surface area contributed by atoms with Gasteiger partial charge >= 0.3 is 186 Å². The summed E-state index contributed by atoms with van der Waals surface area (Å²) in [5.74, 6) is 5.74. The number of benzene rings is 3. The summed E-state index contributed by atoms with van der Waals surface area (Å²) < 4.78 is 30.9. The molecule has 0 fully saturated rings. The first-order valence-corrected chi connectivity index (χ1v) is 18.3. The minimum atomic E-state index is -2.18. The van der Waals surface area contributed by atoms with Crippen LogP contribution >= 0.6 is 0 Å². The standard InChI is InChI=1S/C28H29F2GeN/c1-28(2,3)24-14-19(13-18-9-7-8-10-21(18)24)27-16-23(26(30)17-32-27)22-12-11-20(15-25(22)29)31(4,5)6/h7-17H,1-6H3. The van der Waals surface area contributed by atoms with E-state index in [2.05, 4.69) is 67.3 Å². The molecule has 1 aromatic heterocycles. The molecule has 0 radical (unpaired) electrons. The van der Waals surface area contributed by atoms with Crippen molar-refractivity contribution in [2.24, 2.45) is 0 Å². The Labute approximate surface area is 191 Å². The zero-order valence-electron chi connectivity index (χ0n) is 19.6. The van der Waals surface area contributed by atoms with Crippen molar-refractivity contribution in [1.82, 2.24) is 4.98 Å². The third kappa shape index (κ3) is 4.36. The topological polar surface area (TPSA) is 12.9 Å². The van der Waals surface area contributed by atoms with Crippen LogP contribution in [-0.2, 0) is 5.41 Å². The molecule has 0 N–H and O–H groups in total. The van der Waals surface area contributed by atoms with Crippen LogP contribution in [0.2, 0.25) is 17.3 Å². The van der Waals surface area contributed by atoms with Gasteiger partial charge in [0, 0.05) is 0 Å². The molecule has 0 aliphatic carbocycles. The van der Waals surface area contributed by atoms with Crippen LogP contribution in [0.1, 0.15) is 26.3 Å². The van der Waals surface area contributed by atoms with E-state index in [1.165, 1.54) is 17.1 Å². The third-order valence-electron chi connectivity index (χ3n) is 5.95. The van der Waals surface area contributed by atoms with Gasteiger partial charge in [0.1, 0.15) is 0 Å². The Morgan fingerprint density at radius 3 is 2.16 bits per heavy atom. The molecule has 0 atom stereocenters. The average Bonchev–Trinajstić information content (AvgIpc) is 2.72. The van der Waals surface area contributed by atoms with E-state index in [4.69, 9.17) is 0 Å². The molecule has 32 heavy (non-hydrogen) atoms. The van der Waals surface area contributed by atoms with Crippen molar-refractivity contribution in [3.05, 3.63) is 84.1 Å². The van der Waals surface area contributed by atoms with Crippen LogP contribution in [0.3, 0.4) is 0 Å². The molecule has 4 rings (SSSR count). The quantitative estimate of drug-likeness (QED) is 0.269. The first-order chi connectivity index (χ1) is 14.9. The number of fused-ring (bicyclic) bond motifs is 1. The Morgan fingerprint density at radius 1 is 0.781 bits per heavy atom. The van der Waals surface area contributed by atoms with Crippen molar-refractivity contribution < 1.29 is 8.78 Å². The number of hydrogen-bond donors (Lipinski definition) is 0. The summed E-state index contributed by atoms with van der Waals surface area (Å²) >= 11 is -2.18. The molecule has 0 spiro atoms. The zero-order chi connectivity index (χ0) is 23.3. The first kappa shape index (κ1) is 22.7. The van der Waals surface area contributed by atoms with Crippen LogP contribution < -0.4 is 4.40 Å². The summed E-state index contributed by atoms with van der Waals surface area (Å²) in [5.41, 5.74) is 3.18. The predicted molar refractivity (Wildman–Crippen MR) is 134 cm³/mol. The molecule has 4 heteroatoms. The van der Waals surface area contributed by atoms with Crippen LogP contribution in [0.25, 0.3) is 33.2 Å². The molecule has 0 aliphatic heterocycles. The summed E-state index contributed by atoms with van der Waals surface area (Å²) in [6.45, 7) is 6.54. The Bertz CT molecular complexity index is 1310. The molecule has 3 aromatic carbocycles. The maximum absolute atomic E-state index is 15.1. The normalized spacial score (nSPS) is 12.4. The van der Waals surface area contributed by atoms with Gasteiger partial charge in [-0.1, -0.05) is 6.07 Å². The molecule has 1 nitrogen and oxygen atoms in total. The number of pyridine rings is 1. The SMILES string of the molecule is CC(C)(C)c1cc(-c2cc(-c3cc[c]([Ge]([CH3])([CH3])[CH3])cc3F)c(F)cn2)cc2ccccc12. The van der Waals surface area contributed by atoms with E-state index < -0.39 is 19.1 Å². The second kappa shape index (κ2) is 8.11. The Morgan fingerprint density at radius 2 is 1.50 bits per heavy atom. The Kier molecular flexibility index (Phi) is 5.74. The van der Waals surface area contributed by atoms with Gasteiger partial charge in [0.15, 0.2) is 0 Å². The molecule has 0 amide bonds. The van der Waals surface area contributed by atoms with Crippen molar-refractivity contribution in [1.29, 1.82) is 0 Å². The fraction of sp³-hybridized carbons (Fsp3) is 0.250. The van der Waals surface area contributed by atoms with Crippen LogP contribution in [0, 0.1) is 11.6 Å². The molecule has 0 unspecified atom stereocenters. The molecule has 164 valence electrons. The molecule has 1 heterocycles. The van der Waals surface area contributed by atoms with E-state index in [9.17, 15) is 4.39 Å². The van der Waals surface area contributed by atoms with Crippen molar-refractivity contribution in [3.63, 3.8) is 0 Å². The van der Waals surface area contributed by atoms with Crippen LogP contribution in [0.4, 0.5) is 8.78 Å². The molecule has 0 aliphatic rings. The molecule has 0 saturated carbocycles. The Hall–Kier alpha value is -2.53. The fourth-order valence-corrected chi connectivity index (χ4v) is 6.48. The first-order valence-electron chi connectivity index (χ1n) is 10.9. The van der Waals surface area contributed by atoms with E-state index in [0.29, 0.717) is 5.69 Å². The number of aromatic nitrogens is 1. The number of nitrogens with zero attached hydrogens (tertiary/aromatic N) is 1. The predicted octanol–water partition coefficient (Wildman–Crippen LogP) is 7.69. The van der Waals surface area contributed by atoms with E-state index >= 15 is 4.39 Å². The van der Waals surface area contributed by atoms with Gasteiger partial charge in [-0.2, -0.15) is 0 Å². The second-order valence-electron chi connectivity index (χ2n) is 10.5. The van der Waals surface area contributed by atoms with Crippen molar-refractivity contribution >= 4 is 28.4 Å². The van der Waals surface area contributed by atoms with E-state index in [0.717, 1.165) is 15.3 Å². The van der Waals surface area contributed by atoms with Crippen LogP contribution in [-0.4, -0.2) is 18.3 Å². The molecule has 0 saturated heterocycles. The molecule has 0 bridgehead atoms. The molecular formula is C28H29F2GeN. The summed E-state index contributed by atoms with van der Waals surface area (Å²) in [6.07, 6.45) is 1.20. The summed E-state index contributed by atoms with van der Waals surface area (Å²) in [4.78, 5) is 4.36. The third-order valence-corrected chi connectivity index (χ3v) is 10.2. The van der Waals surface area contributed by atoms with Gasteiger partial charge in [-0.25, -0.2) is 0 Å². The summed E-state index contributed by atoms with van der Waals surface area (Å²) in [5, 5.41) is 2.30. The van der Waals surface area contributed by atoms with E-state index in [-0.39, 0.29) is 22.4 Å². The minimum absolute atomic E-state index is 0.0708. The van der Waals surface area contributed by atoms with Gasteiger partial charge in [0.2, 0.25) is 0 Å². The summed E-state index contributed by atoms with van der Waals surface area (Å²) in [7, 11) is 0.